The van der Waals surface area contributed by atoms with Gasteiger partial charge in [-0.2, -0.15) is 0 Å². The molecule has 1 heterocycles. The lowest BCUT2D eigenvalue weighted by molar-refractivity contribution is -0.147. The summed E-state index contributed by atoms with van der Waals surface area (Å²) < 4.78 is 11.0. The van der Waals surface area contributed by atoms with E-state index in [4.69, 9.17) is 14.6 Å². The summed E-state index contributed by atoms with van der Waals surface area (Å²) in [6, 6.07) is 0. The van der Waals surface area contributed by atoms with Crippen LogP contribution < -0.4 is 0 Å². The number of rotatable bonds is 7. The van der Waals surface area contributed by atoms with Crippen LogP contribution in [-0.4, -0.2) is 30.1 Å². The van der Waals surface area contributed by atoms with Gasteiger partial charge in [-0.3, -0.25) is 0 Å². The maximum Gasteiger partial charge on any atom is 0.327 e. The molecule has 1 aliphatic heterocycles. The van der Waals surface area contributed by atoms with Crippen LogP contribution in [0.15, 0.2) is 12.2 Å². The number of carboxylic acids is 1. The minimum absolute atomic E-state index is 0.378. The van der Waals surface area contributed by atoms with E-state index >= 15 is 0 Å². The highest BCUT2D eigenvalue weighted by Crippen LogP contribution is 2.25. The van der Waals surface area contributed by atoms with Crippen molar-refractivity contribution in [1.82, 2.24) is 0 Å². The van der Waals surface area contributed by atoms with Crippen molar-refractivity contribution in [2.75, 3.05) is 13.2 Å². The largest absolute Gasteiger partial charge is 0.478 e. The molecule has 1 fully saturated rings. The van der Waals surface area contributed by atoms with Gasteiger partial charge in [-0.25, -0.2) is 4.79 Å². The highest BCUT2D eigenvalue weighted by molar-refractivity contribution is 5.79. The lowest BCUT2D eigenvalue weighted by atomic mass is 10.1. The second kappa shape index (κ2) is 6.66. The maximum atomic E-state index is 10.2. The Morgan fingerprint density at radius 1 is 1.31 bits per heavy atom. The molecule has 4 nitrogen and oxygen atoms in total. The molecule has 0 bridgehead atoms. The summed E-state index contributed by atoms with van der Waals surface area (Å²) in [7, 11) is 0. The van der Waals surface area contributed by atoms with Gasteiger partial charge in [0.2, 0.25) is 0 Å². The third kappa shape index (κ3) is 5.28. The van der Waals surface area contributed by atoms with Gasteiger partial charge in [0.05, 0.1) is 13.2 Å². The van der Waals surface area contributed by atoms with Gasteiger partial charge in [-0.05, 0) is 26.2 Å². The molecule has 0 aromatic carbocycles. The van der Waals surface area contributed by atoms with Crippen molar-refractivity contribution >= 4 is 5.97 Å². The zero-order chi connectivity index (χ0) is 11.9. The first kappa shape index (κ1) is 13.2. The van der Waals surface area contributed by atoms with Gasteiger partial charge in [-0.15, -0.1) is 0 Å². The fourth-order valence-corrected chi connectivity index (χ4v) is 1.77. The van der Waals surface area contributed by atoms with Gasteiger partial charge in [0, 0.05) is 12.5 Å². The van der Waals surface area contributed by atoms with Crippen LogP contribution in [0.1, 0.15) is 39.0 Å². The molecule has 0 saturated carbocycles. The van der Waals surface area contributed by atoms with Crippen LogP contribution in [0.3, 0.4) is 0 Å². The van der Waals surface area contributed by atoms with Crippen molar-refractivity contribution in [3.63, 3.8) is 0 Å². The molecule has 0 spiro atoms. The van der Waals surface area contributed by atoms with Gasteiger partial charge in [-0.1, -0.05) is 12.5 Å². The second-order valence-corrected chi connectivity index (χ2v) is 4.17. The molecule has 0 aromatic rings. The molecule has 92 valence electrons. The Morgan fingerprint density at radius 2 is 2.00 bits per heavy atom. The Labute approximate surface area is 96.2 Å². The highest BCUT2D eigenvalue weighted by Gasteiger charge is 2.29. The lowest BCUT2D eigenvalue weighted by Crippen LogP contribution is -2.24. The van der Waals surface area contributed by atoms with Crippen LogP contribution in [0.4, 0.5) is 0 Å². The van der Waals surface area contributed by atoms with E-state index in [1.807, 2.05) is 6.92 Å². The number of carbonyl (C=O) groups is 1. The topological polar surface area (TPSA) is 55.8 Å². The van der Waals surface area contributed by atoms with Crippen LogP contribution in [0.25, 0.3) is 0 Å². The molecule has 1 saturated heterocycles. The van der Waals surface area contributed by atoms with Crippen LogP contribution >= 0.6 is 0 Å². The zero-order valence-corrected chi connectivity index (χ0v) is 9.78. The summed E-state index contributed by atoms with van der Waals surface area (Å²) in [6.07, 6.45) is 7.78. The number of hydrogen-bond donors (Lipinski definition) is 1. The number of ether oxygens (including phenoxy) is 2. The van der Waals surface area contributed by atoms with E-state index in [-0.39, 0.29) is 5.79 Å². The van der Waals surface area contributed by atoms with E-state index in [0.29, 0.717) is 13.2 Å². The van der Waals surface area contributed by atoms with E-state index in [1.165, 1.54) is 6.08 Å². The molecule has 0 aromatic heterocycles. The minimum Gasteiger partial charge on any atom is -0.478 e. The molecule has 4 heteroatoms. The highest BCUT2D eigenvalue weighted by atomic mass is 16.7. The van der Waals surface area contributed by atoms with E-state index < -0.39 is 5.97 Å². The minimum atomic E-state index is -0.875. The maximum absolute atomic E-state index is 10.2. The van der Waals surface area contributed by atoms with Crippen molar-refractivity contribution in [2.24, 2.45) is 0 Å². The van der Waals surface area contributed by atoms with Gasteiger partial charge in [0.1, 0.15) is 0 Å². The van der Waals surface area contributed by atoms with Gasteiger partial charge in [0.25, 0.3) is 0 Å². The Hall–Kier alpha value is -0.870. The Balaban J connectivity index is 1.97. The van der Waals surface area contributed by atoms with Crippen molar-refractivity contribution in [1.29, 1.82) is 0 Å². The van der Waals surface area contributed by atoms with Crippen molar-refractivity contribution in [3.8, 4) is 0 Å². The third-order valence-electron chi connectivity index (χ3n) is 2.66. The molecule has 0 radical (unpaired) electrons. The van der Waals surface area contributed by atoms with E-state index in [2.05, 4.69) is 0 Å². The van der Waals surface area contributed by atoms with Crippen LogP contribution in [0, 0.1) is 0 Å². The quantitative estimate of drug-likeness (QED) is 0.536. The standard InChI is InChI=1S/C12H20O4/c1-12(15-9-10-16-12)8-6-4-2-3-5-7-11(13)14/h5,7H,2-4,6,8-10H2,1H3,(H,13,14)/b7-5+. The molecular formula is C12H20O4. The summed E-state index contributed by atoms with van der Waals surface area (Å²) in [5.74, 6) is -1.25. The van der Waals surface area contributed by atoms with Gasteiger partial charge >= 0.3 is 5.97 Å². The molecule has 0 atom stereocenters. The van der Waals surface area contributed by atoms with E-state index in [0.717, 1.165) is 32.1 Å². The first-order valence-corrected chi connectivity index (χ1v) is 5.80. The average Bonchev–Trinajstić information content (AvgIpc) is 2.64. The molecule has 1 aliphatic rings. The fraction of sp³-hybridized carbons (Fsp3) is 0.750. The van der Waals surface area contributed by atoms with E-state index in [9.17, 15) is 4.79 Å². The number of hydrogen-bond acceptors (Lipinski definition) is 3. The molecule has 1 rings (SSSR count). The number of aliphatic carboxylic acids is 1. The SMILES string of the molecule is CC1(CCCCC/C=C/C(=O)O)OCCO1. The first-order chi connectivity index (χ1) is 7.62. The molecule has 1 N–H and O–H groups in total. The van der Waals surface area contributed by atoms with Crippen LogP contribution in [0.5, 0.6) is 0 Å². The fourth-order valence-electron chi connectivity index (χ4n) is 1.77. The molecule has 0 unspecified atom stereocenters. The molecular weight excluding hydrogens is 208 g/mol. The molecule has 0 amide bonds. The smallest absolute Gasteiger partial charge is 0.327 e. The Bertz CT molecular complexity index is 241. The summed E-state index contributed by atoms with van der Waals surface area (Å²) in [5.41, 5.74) is 0. The predicted molar refractivity (Wildman–Crippen MR) is 60.2 cm³/mol. The van der Waals surface area contributed by atoms with Gasteiger partial charge in [0.15, 0.2) is 5.79 Å². The van der Waals surface area contributed by atoms with Crippen LogP contribution in [-0.2, 0) is 14.3 Å². The van der Waals surface area contributed by atoms with E-state index in [1.54, 1.807) is 6.08 Å². The predicted octanol–water partition coefficient (Wildman–Crippen LogP) is 2.34. The van der Waals surface area contributed by atoms with Crippen LogP contribution in [0.2, 0.25) is 0 Å². The summed E-state index contributed by atoms with van der Waals surface area (Å²) >= 11 is 0. The summed E-state index contributed by atoms with van der Waals surface area (Å²) in [4.78, 5) is 10.2. The van der Waals surface area contributed by atoms with Crippen molar-refractivity contribution in [3.05, 3.63) is 12.2 Å². The molecule has 16 heavy (non-hydrogen) atoms. The number of allylic oxidation sites excluding steroid dienone is 1. The Kier molecular flexibility index (Phi) is 5.49. The van der Waals surface area contributed by atoms with Crippen molar-refractivity contribution < 1.29 is 19.4 Å². The summed E-state index contributed by atoms with van der Waals surface area (Å²) in [6.45, 7) is 3.36. The monoisotopic (exact) mass is 228 g/mol. The molecule has 0 aliphatic carbocycles. The second-order valence-electron chi connectivity index (χ2n) is 4.17. The average molecular weight is 228 g/mol. The lowest BCUT2D eigenvalue weighted by Gasteiger charge is -2.21. The first-order valence-electron chi connectivity index (χ1n) is 5.80. The normalized spacial score (nSPS) is 19.3. The summed E-state index contributed by atoms with van der Waals surface area (Å²) in [5, 5.41) is 8.37. The van der Waals surface area contributed by atoms with Crippen molar-refractivity contribution in [2.45, 2.75) is 44.8 Å². The number of carboxylic acid groups (broad SMARTS) is 1. The Morgan fingerprint density at radius 3 is 2.62 bits per heavy atom. The van der Waals surface area contributed by atoms with Gasteiger partial charge < -0.3 is 14.6 Å². The number of unbranched alkanes of at least 4 members (excludes halogenated alkanes) is 3. The third-order valence-corrected chi connectivity index (χ3v) is 2.66. The zero-order valence-electron chi connectivity index (χ0n) is 9.78.